The number of para-hydroxylation sites is 1. The molecule has 2 aromatic heterocycles. The molecule has 3 aliphatic rings. The Hall–Kier alpha value is -5.04. The van der Waals surface area contributed by atoms with Crippen LogP contribution in [-0.2, 0) is 35.8 Å². The molecule has 4 heterocycles. The molecular weight excluding hydrogens is 880 g/mol. The van der Waals surface area contributed by atoms with Crippen LogP contribution in [0.4, 0.5) is 4.79 Å². The van der Waals surface area contributed by atoms with Crippen LogP contribution in [-0.4, -0.2) is 106 Å². The van der Waals surface area contributed by atoms with Gasteiger partial charge in [-0.25, -0.2) is 14.5 Å². The number of nitrogens with zero attached hydrogens (tertiary/aromatic N) is 5. The number of fused-ring (bicyclic) bond motifs is 3. The van der Waals surface area contributed by atoms with E-state index >= 15 is 0 Å². The van der Waals surface area contributed by atoms with Crippen LogP contribution in [0.3, 0.4) is 0 Å². The average molecular weight is 938 g/mol. The molecule has 0 unspecified atom stereocenters. The van der Waals surface area contributed by atoms with Crippen LogP contribution >= 0.6 is 22.9 Å². The van der Waals surface area contributed by atoms with Crippen molar-refractivity contribution in [1.82, 2.24) is 39.1 Å². The number of carbonyl (C=O) groups is 4. The fourth-order valence-corrected chi connectivity index (χ4v) is 9.91. The SMILES string of the molecule is CC(C)n1c(O[C@@H]2C[C@H]3C(=O)N[C@]4(C(=O)NS(=O)(=O)N(C)C)C[C@H]4/C=C\CCCCC[C@H](NC(=O)OC(C)(C)C)C(=O)N3C2)nc2c(-c3nc(Cc4ccccc4Cl)cs3)cccc21. The van der Waals surface area contributed by atoms with Gasteiger partial charge in [-0.15, -0.1) is 11.3 Å². The lowest BCUT2D eigenvalue weighted by atomic mass is 10.0. The summed E-state index contributed by atoms with van der Waals surface area (Å²) in [5.74, 6) is -2.53. The van der Waals surface area contributed by atoms with Gasteiger partial charge in [0.1, 0.15) is 39.9 Å². The fraction of sp³-hybridized carbons (Fsp3) is 0.511. The second kappa shape index (κ2) is 18.8. The van der Waals surface area contributed by atoms with Crippen LogP contribution in [0.5, 0.6) is 6.01 Å². The number of hydrogen-bond donors (Lipinski definition) is 3. The molecule has 2 fully saturated rings. The van der Waals surface area contributed by atoms with Crippen molar-refractivity contribution in [3.05, 3.63) is 76.3 Å². The summed E-state index contributed by atoms with van der Waals surface area (Å²) in [6, 6.07) is 11.5. The minimum absolute atomic E-state index is 0.0109. The van der Waals surface area contributed by atoms with E-state index in [0.29, 0.717) is 29.8 Å². The Bertz CT molecular complexity index is 2550. The third-order valence-electron chi connectivity index (χ3n) is 11.6. The summed E-state index contributed by atoms with van der Waals surface area (Å²) in [7, 11) is -1.61. The Balaban J connectivity index is 1.22. The molecule has 5 atom stereocenters. The zero-order chi connectivity index (χ0) is 46.1. The van der Waals surface area contributed by atoms with Gasteiger partial charge in [-0.05, 0) is 84.1 Å². The van der Waals surface area contributed by atoms with Gasteiger partial charge in [0, 0.05) is 54.9 Å². The molecule has 1 aliphatic carbocycles. The van der Waals surface area contributed by atoms with E-state index in [4.69, 9.17) is 31.0 Å². The lowest BCUT2D eigenvalue weighted by molar-refractivity contribution is -0.141. The molecule has 7 rings (SSSR count). The largest absolute Gasteiger partial charge is 0.459 e. The molecule has 3 N–H and O–H groups in total. The predicted molar refractivity (Wildman–Crippen MR) is 245 cm³/mol. The lowest BCUT2D eigenvalue weighted by Crippen LogP contribution is -2.58. The summed E-state index contributed by atoms with van der Waals surface area (Å²) in [6.45, 7) is 9.16. The third-order valence-corrected chi connectivity index (χ3v) is 14.3. The number of allylic oxidation sites excluding steroid dienone is 1. The van der Waals surface area contributed by atoms with Gasteiger partial charge in [-0.3, -0.25) is 19.0 Å². The van der Waals surface area contributed by atoms with Crippen molar-refractivity contribution in [3.8, 4) is 16.6 Å². The highest BCUT2D eigenvalue weighted by molar-refractivity contribution is 7.87. The molecule has 19 heteroatoms. The van der Waals surface area contributed by atoms with E-state index in [0.717, 1.165) is 44.5 Å². The van der Waals surface area contributed by atoms with Crippen LogP contribution in [0.1, 0.15) is 96.9 Å². The van der Waals surface area contributed by atoms with Gasteiger partial charge < -0.3 is 25.0 Å². The number of imidazole rings is 1. The number of carbonyl (C=O) groups excluding carboxylic acids is 4. The third kappa shape index (κ3) is 10.4. The first-order chi connectivity index (χ1) is 30.3. The highest BCUT2D eigenvalue weighted by atomic mass is 35.5. The van der Waals surface area contributed by atoms with Crippen molar-refractivity contribution in [1.29, 1.82) is 0 Å². The van der Waals surface area contributed by atoms with Crippen LogP contribution in [0.15, 0.2) is 60.0 Å². The molecule has 0 spiro atoms. The number of halogens is 1. The van der Waals surface area contributed by atoms with E-state index in [9.17, 15) is 27.6 Å². The summed E-state index contributed by atoms with van der Waals surface area (Å²) in [5.41, 5.74) is 1.72. The van der Waals surface area contributed by atoms with Gasteiger partial charge in [0.05, 0.1) is 17.8 Å². The maximum Gasteiger partial charge on any atom is 0.408 e. The number of thiazole rings is 1. The highest BCUT2D eigenvalue weighted by Crippen LogP contribution is 2.46. The highest BCUT2D eigenvalue weighted by Gasteiger charge is 2.62. The normalized spacial score (nSPS) is 23.8. The van der Waals surface area contributed by atoms with Crippen molar-refractivity contribution >= 4 is 68.0 Å². The molecule has 2 aliphatic heterocycles. The standard InChI is InChI=1S/C45H57ClN8O8S2/c1-27(2)54-35-21-15-18-32(39-47-30(26-63-39)22-28-16-13-14-19-33(28)46)37(35)49-42(54)61-31-23-36-38(55)50-45(41(57)51-64(59,60)52(6)7)24-29(45)17-11-9-8-10-12-20-34(40(56)53(36)25-31)48-43(58)62-44(3,4)5/h11,13-19,21,26-27,29,31,34,36H,8-10,12,20,22-25H2,1-7H3,(H,48,58)(H,50,55)(H,51,57)/b17-11-/t29-,31-,34+,36+,45-/m1/s1. The van der Waals surface area contributed by atoms with E-state index in [1.54, 1.807) is 20.8 Å². The molecule has 1 saturated carbocycles. The maximum atomic E-state index is 14.7. The molecular formula is C45H57ClN8O8S2. The van der Waals surface area contributed by atoms with Gasteiger partial charge in [-0.1, -0.05) is 60.9 Å². The average Bonchev–Trinajstić information content (AvgIpc) is 3.53. The van der Waals surface area contributed by atoms with E-state index in [2.05, 4.69) is 15.4 Å². The van der Waals surface area contributed by atoms with Gasteiger partial charge in [0.2, 0.25) is 11.8 Å². The van der Waals surface area contributed by atoms with Crippen molar-refractivity contribution < 1.29 is 37.1 Å². The fourth-order valence-electron chi connectivity index (χ4n) is 8.26. The molecule has 0 bridgehead atoms. The van der Waals surface area contributed by atoms with Crippen molar-refractivity contribution in [2.24, 2.45) is 5.92 Å². The van der Waals surface area contributed by atoms with Crippen molar-refractivity contribution in [2.75, 3.05) is 20.6 Å². The monoisotopic (exact) mass is 936 g/mol. The topological polar surface area (TPSA) is 194 Å². The van der Waals surface area contributed by atoms with Gasteiger partial charge in [-0.2, -0.15) is 17.7 Å². The number of nitrogens with one attached hydrogen (secondary N) is 3. The van der Waals surface area contributed by atoms with E-state index in [-0.39, 0.29) is 37.9 Å². The number of aromatic nitrogens is 3. The van der Waals surface area contributed by atoms with Gasteiger partial charge in [0.25, 0.3) is 11.9 Å². The first-order valence-electron chi connectivity index (χ1n) is 21.7. The van der Waals surface area contributed by atoms with Crippen LogP contribution < -0.4 is 20.1 Å². The first-order valence-corrected chi connectivity index (χ1v) is 24.3. The van der Waals surface area contributed by atoms with E-state index in [1.165, 1.54) is 30.3 Å². The number of hydrogen-bond acceptors (Lipinski definition) is 11. The number of benzene rings is 2. The molecule has 1 saturated heterocycles. The Labute approximate surface area is 383 Å². The minimum Gasteiger partial charge on any atom is -0.459 e. The smallest absolute Gasteiger partial charge is 0.408 e. The van der Waals surface area contributed by atoms with Crippen LogP contribution in [0, 0.1) is 5.92 Å². The zero-order valence-electron chi connectivity index (χ0n) is 37.2. The number of amides is 4. The van der Waals surface area contributed by atoms with Gasteiger partial charge >= 0.3 is 16.3 Å². The molecule has 4 amide bonds. The Morgan fingerprint density at radius 3 is 2.56 bits per heavy atom. The molecule has 16 nitrogen and oxygen atoms in total. The Morgan fingerprint density at radius 2 is 1.84 bits per heavy atom. The maximum absolute atomic E-state index is 14.7. The van der Waals surface area contributed by atoms with Crippen molar-refractivity contribution in [3.63, 3.8) is 0 Å². The minimum atomic E-state index is -4.20. The summed E-state index contributed by atoms with van der Waals surface area (Å²) in [5, 5.41) is 9.10. The molecule has 4 aromatic rings. The summed E-state index contributed by atoms with van der Waals surface area (Å²) < 4.78 is 42.9. The van der Waals surface area contributed by atoms with Gasteiger partial charge in [0.15, 0.2) is 0 Å². The number of rotatable bonds is 10. The second-order valence-electron chi connectivity index (χ2n) is 18.2. The number of alkyl carbamates (subject to hydrolysis) is 1. The predicted octanol–water partition coefficient (Wildman–Crippen LogP) is 6.54. The van der Waals surface area contributed by atoms with Crippen LogP contribution in [0.25, 0.3) is 21.6 Å². The summed E-state index contributed by atoms with van der Waals surface area (Å²) in [4.78, 5) is 67.7. The summed E-state index contributed by atoms with van der Waals surface area (Å²) in [6.07, 6.45) is 6.06. The molecule has 64 heavy (non-hydrogen) atoms. The zero-order valence-corrected chi connectivity index (χ0v) is 39.6. The summed E-state index contributed by atoms with van der Waals surface area (Å²) >= 11 is 7.96. The molecule has 344 valence electrons. The Kier molecular flexibility index (Phi) is 13.8. The molecule has 2 aromatic carbocycles. The van der Waals surface area contributed by atoms with Crippen molar-refractivity contribution in [2.45, 2.75) is 121 Å². The lowest BCUT2D eigenvalue weighted by Gasteiger charge is -2.30. The number of ether oxygens (including phenoxy) is 2. The Morgan fingerprint density at radius 1 is 1.08 bits per heavy atom. The molecule has 0 radical (unpaired) electrons. The quantitative estimate of drug-likeness (QED) is 0.147. The van der Waals surface area contributed by atoms with E-state index < -0.39 is 69.3 Å². The van der Waals surface area contributed by atoms with Crippen LogP contribution in [0.2, 0.25) is 5.02 Å². The van der Waals surface area contributed by atoms with E-state index in [1.807, 2.05) is 78.4 Å². The first kappa shape index (κ1) is 46.9. The second-order valence-corrected chi connectivity index (χ2v) is 21.3.